The molecule has 7 heteroatoms. The normalized spacial score (nSPS) is 16.6. The highest BCUT2D eigenvalue weighted by Crippen LogP contribution is 2.32. The minimum absolute atomic E-state index is 0.204. The number of furan rings is 1. The van der Waals surface area contributed by atoms with Crippen LogP contribution in [0.1, 0.15) is 31.2 Å². The second kappa shape index (κ2) is 7.44. The molecule has 1 aliphatic heterocycles. The van der Waals surface area contributed by atoms with E-state index in [1.165, 1.54) is 22.2 Å². The highest BCUT2D eigenvalue weighted by molar-refractivity contribution is 7.07. The third-order valence-electron chi connectivity index (χ3n) is 4.45. The number of aromatic nitrogens is 1. The van der Waals surface area contributed by atoms with E-state index in [4.69, 9.17) is 9.15 Å². The van der Waals surface area contributed by atoms with Gasteiger partial charge in [0, 0.05) is 5.70 Å². The van der Waals surface area contributed by atoms with Gasteiger partial charge in [0.15, 0.2) is 4.80 Å². The molecular weight excluding hydrogens is 376 g/mol. The van der Waals surface area contributed by atoms with Crippen LogP contribution in [-0.4, -0.2) is 17.1 Å². The number of hydrogen-bond donors (Lipinski definition) is 0. The molecule has 1 aliphatic rings. The van der Waals surface area contributed by atoms with Gasteiger partial charge >= 0.3 is 5.97 Å². The van der Waals surface area contributed by atoms with Gasteiger partial charge in [-0.05, 0) is 37.6 Å². The topological polar surface area (TPSA) is 73.8 Å². The lowest BCUT2D eigenvalue weighted by molar-refractivity contribution is -0.138. The van der Waals surface area contributed by atoms with E-state index >= 15 is 0 Å². The van der Waals surface area contributed by atoms with Gasteiger partial charge in [0.2, 0.25) is 0 Å². The van der Waals surface area contributed by atoms with E-state index in [1.54, 1.807) is 26.0 Å². The van der Waals surface area contributed by atoms with Gasteiger partial charge in [0.1, 0.15) is 11.8 Å². The summed E-state index contributed by atoms with van der Waals surface area (Å²) < 4.78 is 12.7. The van der Waals surface area contributed by atoms with E-state index in [0.29, 0.717) is 26.4 Å². The average molecular weight is 394 g/mol. The Balaban J connectivity index is 1.95. The Kier molecular flexibility index (Phi) is 4.83. The van der Waals surface area contributed by atoms with Crippen LogP contribution in [0.4, 0.5) is 0 Å². The van der Waals surface area contributed by atoms with E-state index in [1.807, 2.05) is 36.4 Å². The Bertz CT molecular complexity index is 1220. The Morgan fingerprint density at radius 2 is 2.07 bits per heavy atom. The Morgan fingerprint density at radius 3 is 2.75 bits per heavy atom. The molecule has 1 aromatic carbocycles. The van der Waals surface area contributed by atoms with Gasteiger partial charge in [-0.25, -0.2) is 9.79 Å². The predicted molar refractivity (Wildman–Crippen MR) is 106 cm³/mol. The molecule has 28 heavy (non-hydrogen) atoms. The summed E-state index contributed by atoms with van der Waals surface area (Å²) >= 11 is 1.29. The largest absolute Gasteiger partial charge is 0.467 e. The van der Waals surface area contributed by atoms with Gasteiger partial charge in [-0.2, -0.15) is 0 Å². The van der Waals surface area contributed by atoms with Gasteiger partial charge < -0.3 is 9.15 Å². The Hall–Kier alpha value is -3.19. The third-order valence-corrected chi connectivity index (χ3v) is 5.43. The zero-order chi connectivity index (χ0) is 19.7. The maximum Gasteiger partial charge on any atom is 0.338 e. The second-order valence-electron chi connectivity index (χ2n) is 6.21. The summed E-state index contributed by atoms with van der Waals surface area (Å²) in [6.07, 6.45) is 3.36. The van der Waals surface area contributed by atoms with E-state index < -0.39 is 12.0 Å². The summed E-state index contributed by atoms with van der Waals surface area (Å²) in [5.74, 6) is 0.0329. The zero-order valence-electron chi connectivity index (χ0n) is 15.4. The van der Waals surface area contributed by atoms with Crippen molar-refractivity contribution in [1.29, 1.82) is 0 Å². The number of carbonyl (C=O) groups is 1. The lowest BCUT2D eigenvalue weighted by Gasteiger charge is -2.20. The fourth-order valence-corrected chi connectivity index (χ4v) is 4.21. The number of rotatable bonds is 4. The zero-order valence-corrected chi connectivity index (χ0v) is 16.2. The van der Waals surface area contributed by atoms with Crippen molar-refractivity contribution in [2.45, 2.75) is 19.9 Å². The fourth-order valence-electron chi connectivity index (χ4n) is 3.17. The van der Waals surface area contributed by atoms with Crippen LogP contribution in [0, 0.1) is 0 Å². The summed E-state index contributed by atoms with van der Waals surface area (Å²) in [5.41, 5.74) is 1.55. The van der Waals surface area contributed by atoms with Crippen molar-refractivity contribution in [3.05, 3.63) is 85.3 Å². The lowest BCUT2D eigenvalue weighted by Crippen LogP contribution is -2.35. The number of benzene rings is 1. The van der Waals surface area contributed by atoms with Crippen LogP contribution in [0.25, 0.3) is 11.8 Å². The Morgan fingerprint density at radius 1 is 1.29 bits per heavy atom. The molecule has 142 valence electrons. The van der Waals surface area contributed by atoms with Crippen molar-refractivity contribution in [2.75, 3.05) is 6.61 Å². The fraction of sp³-hybridized carbons (Fsp3) is 0.190. The molecule has 0 unspecified atom stereocenters. The van der Waals surface area contributed by atoms with Crippen LogP contribution in [0.5, 0.6) is 0 Å². The van der Waals surface area contributed by atoms with Crippen molar-refractivity contribution in [3.8, 4) is 0 Å². The summed E-state index contributed by atoms with van der Waals surface area (Å²) in [5, 5.41) is 0. The van der Waals surface area contributed by atoms with Crippen LogP contribution in [-0.2, 0) is 9.53 Å². The van der Waals surface area contributed by atoms with Crippen LogP contribution < -0.4 is 14.9 Å². The van der Waals surface area contributed by atoms with Crippen molar-refractivity contribution in [1.82, 2.24) is 4.57 Å². The second-order valence-corrected chi connectivity index (χ2v) is 7.22. The van der Waals surface area contributed by atoms with Crippen molar-refractivity contribution in [2.24, 2.45) is 4.99 Å². The summed E-state index contributed by atoms with van der Waals surface area (Å²) in [4.78, 5) is 30.8. The van der Waals surface area contributed by atoms with Gasteiger partial charge in [0.25, 0.3) is 5.56 Å². The molecule has 0 amide bonds. The summed E-state index contributed by atoms with van der Waals surface area (Å²) in [6.45, 7) is 3.71. The first kappa shape index (κ1) is 18.2. The van der Waals surface area contributed by atoms with E-state index in [0.717, 1.165) is 5.56 Å². The van der Waals surface area contributed by atoms with E-state index in [-0.39, 0.29) is 12.2 Å². The van der Waals surface area contributed by atoms with Gasteiger partial charge in [-0.15, -0.1) is 0 Å². The molecule has 0 radical (unpaired) electrons. The quantitative estimate of drug-likeness (QED) is 0.638. The molecule has 0 saturated heterocycles. The van der Waals surface area contributed by atoms with Crippen molar-refractivity contribution in [3.63, 3.8) is 0 Å². The van der Waals surface area contributed by atoms with Crippen molar-refractivity contribution >= 4 is 29.1 Å². The molecule has 0 bridgehead atoms. The van der Waals surface area contributed by atoms with Gasteiger partial charge in [-0.3, -0.25) is 9.36 Å². The van der Waals surface area contributed by atoms with Crippen LogP contribution in [0.3, 0.4) is 0 Å². The highest BCUT2D eigenvalue weighted by atomic mass is 32.1. The molecule has 2 aromatic heterocycles. The number of allylic oxidation sites excluding steroid dienone is 1. The molecule has 3 heterocycles. The maximum absolute atomic E-state index is 13.0. The molecule has 4 rings (SSSR count). The minimum Gasteiger partial charge on any atom is -0.467 e. The lowest BCUT2D eigenvalue weighted by atomic mass is 10.0. The number of carbonyl (C=O) groups excluding carboxylic acids is 1. The summed E-state index contributed by atoms with van der Waals surface area (Å²) in [7, 11) is 0. The monoisotopic (exact) mass is 394 g/mol. The average Bonchev–Trinajstić information content (AvgIpc) is 3.31. The van der Waals surface area contributed by atoms with Crippen molar-refractivity contribution < 1.29 is 13.9 Å². The van der Waals surface area contributed by atoms with Crippen LogP contribution >= 0.6 is 11.3 Å². The van der Waals surface area contributed by atoms with E-state index in [9.17, 15) is 9.59 Å². The SMILES string of the molecule is CCOC(=O)C1=C(C)n2c(s/c(=C\c3ccccc3)c2=O)=N[C@H]1c1ccco1. The van der Waals surface area contributed by atoms with E-state index in [2.05, 4.69) is 4.99 Å². The first-order valence-electron chi connectivity index (χ1n) is 8.88. The van der Waals surface area contributed by atoms with Gasteiger partial charge in [0.05, 0.1) is 23.0 Å². The number of thiazole rings is 1. The third kappa shape index (κ3) is 3.14. The molecule has 6 nitrogen and oxygen atoms in total. The molecular formula is C21H18N2O4S. The first-order valence-corrected chi connectivity index (χ1v) is 9.70. The minimum atomic E-state index is -0.642. The number of hydrogen-bond acceptors (Lipinski definition) is 6. The first-order chi connectivity index (χ1) is 13.6. The molecule has 0 N–H and O–H groups in total. The van der Waals surface area contributed by atoms with Gasteiger partial charge in [-0.1, -0.05) is 41.7 Å². The maximum atomic E-state index is 13.0. The Labute approximate surface area is 164 Å². The number of nitrogens with zero attached hydrogens (tertiary/aromatic N) is 2. The molecule has 0 saturated carbocycles. The molecule has 3 aromatic rings. The smallest absolute Gasteiger partial charge is 0.338 e. The number of esters is 1. The molecule has 0 fully saturated rings. The molecule has 0 aliphatic carbocycles. The molecule has 1 atom stereocenters. The highest BCUT2D eigenvalue weighted by Gasteiger charge is 2.32. The number of fused-ring (bicyclic) bond motifs is 1. The standard InChI is InChI=1S/C21H18N2O4S/c1-3-26-20(25)17-13(2)23-19(24)16(12-14-8-5-4-6-9-14)28-21(23)22-18(17)15-10-7-11-27-15/h4-12,18H,3H2,1-2H3/b16-12-/t18-/m0/s1. The summed E-state index contributed by atoms with van der Waals surface area (Å²) in [6, 6.07) is 12.5. The van der Waals surface area contributed by atoms with Crippen LogP contribution in [0.15, 0.2) is 68.5 Å². The number of ether oxygens (including phenoxy) is 1. The predicted octanol–water partition coefficient (Wildman–Crippen LogP) is 2.50. The molecule has 0 spiro atoms. The van der Waals surface area contributed by atoms with Crippen LogP contribution in [0.2, 0.25) is 0 Å².